The highest BCUT2D eigenvalue weighted by molar-refractivity contribution is 4.98. The Bertz CT molecular complexity index is 144. The quantitative estimate of drug-likeness (QED) is 0.620. The van der Waals surface area contributed by atoms with Crippen molar-refractivity contribution in [1.82, 2.24) is 5.32 Å². The highest BCUT2D eigenvalue weighted by Gasteiger charge is 2.08. The van der Waals surface area contributed by atoms with Crippen LogP contribution in [0.4, 0.5) is 0 Å². The molecular formula is C11H21N. The normalized spacial score (nSPS) is 15.7. The van der Waals surface area contributed by atoms with Gasteiger partial charge in [-0.05, 0) is 25.7 Å². The molecule has 2 atom stereocenters. The van der Waals surface area contributed by atoms with E-state index in [2.05, 4.69) is 38.9 Å². The predicted octanol–water partition coefficient (Wildman–Crippen LogP) is 2.42. The largest absolute Gasteiger partial charge is 0.301 e. The van der Waals surface area contributed by atoms with Crippen molar-refractivity contribution in [3.05, 3.63) is 0 Å². The highest BCUT2D eigenvalue weighted by atomic mass is 14.9. The molecule has 0 saturated heterocycles. The van der Waals surface area contributed by atoms with Crippen molar-refractivity contribution in [3.8, 4) is 12.3 Å². The first-order chi connectivity index (χ1) is 5.60. The minimum atomic E-state index is 0.249. The summed E-state index contributed by atoms with van der Waals surface area (Å²) >= 11 is 0. The Labute approximate surface area is 76.9 Å². The third-order valence-corrected chi connectivity index (χ3v) is 1.92. The zero-order chi connectivity index (χ0) is 9.56. The van der Waals surface area contributed by atoms with E-state index in [1.807, 2.05) is 0 Å². The minimum absolute atomic E-state index is 0.249. The highest BCUT2D eigenvalue weighted by Crippen LogP contribution is 2.05. The van der Waals surface area contributed by atoms with Crippen molar-refractivity contribution in [2.24, 2.45) is 5.92 Å². The number of hydrogen-bond acceptors (Lipinski definition) is 1. The standard InChI is InChI=1S/C11H21N/c1-6-11(7-2)12-10(5)8-9(3)4/h1,9-12H,7-8H2,2-5H3. The molecule has 12 heavy (non-hydrogen) atoms. The van der Waals surface area contributed by atoms with Crippen LogP contribution in [0.25, 0.3) is 0 Å². The molecule has 2 unspecified atom stereocenters. The average Bonchev–Trinajstić information content (AvgIpc) is 1.98. The molecule has 0 fully saturated rings. The molecule has 0 bridgehead atoms. The van der Waals surface area contributed by atoms with Crippen molar-refractivity contribution in [1.29, 1.82) is 0 Å². The number of rotatable bonds is 5. The smallest absolute Gasteiger partial charge is 0.0686 e. The summed E-state index contributed by atoms with van der Waals surface area (Å²) in [7, 11) is 0. The average molecular weight is 167 g/mol. The lowest BCUT2D eigenvalue weighted by molar-refractivity contribution is 0.417. The van der Waals surface area contributed by atoms with E-state index in [0.717, 1.165) is 12.3 Å². The zero-order valence-corrected chi connectivity index (χ0v) is 8.72. The van der Waals surface area contributed by atoms with Crippen LogP contribution >= 0.6 is 0 Å². The van der Waals surface area contributed by atoms with Crippen LogP contribution in [0, 0.1) is 18.3 Å². The SMILES string of the molecule is C#CC(CC)NC(C)CC(C)C. The van der Waals surface area contributed by atoms with Crippen molar-refractivity contribution >= 4 is 0 Å². The monoisotopic (exact) mass is 167 g/mol. The molecule has 1 nitrogen and oxygen atoms in total. The Hall–Kier alpha value is -0.480. The van der Waals surface area contributed by atoms with Crippen LogP contribution in [0.2, 0.25) is 0 Å². The van der Waals surface area contributed by atoms with Gasteiger partial charge in [0.25, 0.3) is 0 Å². The van der Waals surface area contributed by atoms with Gasteiger partial charge < -0.3 is 5.32 Å². The summed E-state index contributed by atoms with van der Waals surface area (Å²) in [6, 6.07) is 0.782. The van der Waals surface area contributed by atoms with Crippen LogP contribution in [-0.2, 0) is 0 Å². The van der Waals surface area contributed by atoms with E-state index >= 15 is 0 Å². The van der Waals surface area contributed by atoms with Gasteiger partial charge in [-0.2, -0.15) is 0 Å². The van der Waals surface area contributed by atoms with Crippen LogP contribution in [0.1, 0.15) is 40.5 Å². The third kappa shape index (κ3) is 5.21. The van der Waals surface area contributed by atoms with Crippen molar-refractivity contribution in [3.63, 3.8) is 0 Å². The van der Waals surface area contributed by atoms with E-state index in [9.17, 15) is 0 Å². The summed E-state index contributed by atoms with van der Waals surface area (Å²) in [6.45, 7) is 8.77. The van der Waals surface area contributed by atoms with E-state index in [4.69, 9.17) is 6.42 Å². The van der Waals surface area contributed by atoms with Crippen LogP contribution in [-0.4, -0.2) is 12.1 Å². The van der Waals surface area contributed by atoms with E-state index in [-0.39, 0.29) is 6.04 Å². The van der Waals surface area contributed by atoms with Crippen molar-refractivity contribution < 1.29 is 0 Å². The van der Waals surface area contributed by atoms with Crippen molar-refractivity contribution in [2.75, 3.05) is 0 Å². The van der Waals surface area contributed by atoms with Gasteiger partial charge in [0.05, 0.1) is 6.04 Å². The van der Waals surface area contributed by atoms with Crippen LogP contribution in [0.3, 0.4) is 0 Å². The second kappa shape index (κ2) is 6.08. The molecule has 0 aliphatic heterocycles. The molecule has 0 rings (SSSR count). The molecule has 0 saturated carbocycles. The lowest BCUT2D eigenvalue weighted by Gasteiger charge is -2.19. The summed E-state index contributed by atoms with van der Waals surface area (Å²) in [6.07, 6.45) is 7.56. The molecule has 0 heterocycles. The molecule has 1 heteroatoms. The molecule has 0 aromatic heterocycles. The van der Waals surface area contributed by atoms with E-state index in [1.54, 1.807) is 0 Å². The number of terminal acetylenes is 1. The van der Waals surface area contributed by atoms with E-state index in [1.165, 1.54) is 6.42 Å². The third-order valence-electron chi connectivity index (χ3n) is 1.92. The summed E-state index contributed by atoms with van der Waals surface area (Å²) < 4.78 is 0. The molecule has 0 amide bonds. The Morgan fingerprint density at radius 2 is 1.92 bits per heavy atom. The first-order valence-corrected chi connectivity index (χ1v) is 4.82. The number of nitrogens with one attached hydrogen (secondary N) is 1. The lowest BCUT2D eigenvalue weighted by Crippen LogP contribution is -2.35. The van der Waals surface area contributed by atoms with Crippen LogP contribution in [0.15, 0.2) is 0 Å². The molecule has 0 spiro atoms. The van der Waals surface area contributed by atoms with Gasteiger partial charge in [-0.3, -0.25) is 0 Å². The van der Waals surface area contributed by atoms with Gasteiger partial charge >= 0.3 is 0 Å². The summed E-state index contributed by atoms with van der Waals surface area (Å²) in [5.74, 6) is 3.48. The molecule has 0 aromatic carbocycles. The van der Waals surface area contributed by atoms with Gasteiger partial charge in [0, 0.05) is 6.04 Å². The van der Waals surface area contributed by atoms with Gasteiger partial charge in [0.1, 0.15) is 0 Å². The molecule has 1 N–H and O–H groups in total. The summed E-state index contributed by atoms with van der Waals surface area (Å²) in [4.78, 5) is 0. The molecule has 0 aromatic rings. The van der Waals surface area contributed by atoms with Gasteiger partial charge in [0.15, 0.2) is 0 Å². The topological polar surface area (TPSA) is 12.0 Å². The Morgan fingerprint density at radius 3 is 2.25 bits per heavy atom. The van der Waals surface area contributed by atoms with Gasteiger partial charge in [-0.25, -0.2) is 0 Å². The molecular weight excluding hydrogens is 146 g/mol. The lowest BCUT2D eigenvalue weighted by atomic mass is 10.0. The fraction of sp³-hybridized carbons (Fsp3) is 0.818. The summed E-state index contributed by atoms with van der Waals surface area (Å²) in [5, 5.41) is 3.41. The van der Waals surface area contributed by atoms with E-state index < -0.39 is 0 Å². The Balaban J connectivity index is 3.68. The molecule has 70 valence electrons. The van der Waals surface area contributed by atoms with Crippen molar-refractivity contribution in [2.45, 2.75) is 52.6 Å². The van der Waals surface area contributed by atoms with Crippen LogP contribution < -0.4 is 5.32 Å². The van der Waals surface area contributed by atoms with E-state index in [0.29, 0.717) is 6.04 Å². The minimum Gasteiger partial charge on any atom is -0.301 e. The fourth-order valence-electron chi connectivity index (χ4n) is 1.40. The van der Waals surface area contributed by atoms with Crippen LogP contribution in [0.5, 0.6) is 0 Å². The Morgan fingerprint density at radius 1 is 1.33 bits per heavy atom. The first-order valence-electron chi connectivity index (χ1n) is 4.82. The van der Waals surface area contributed by atoms with Gasteiger partial charge in [0.2, 0.25) is 0 Å². The zero-order valence-electron chi connectivity index (χ0n) is 8.72. The van der Waals surface area contributed by atoms with Gasteiger partial charge in [-0.1, -0.05) is 26.7 Å². The molecule has 0 aliphatic rings. The first kappa shape index (κ1) is 11.5. The maximum Gasteiger partial charge on any atom is 0.0686 e. The molecule has 0 aliphatic carbocycles. The Kier molecular flexibility index (Phi) is 5.84. The molecule has 0 radical (unpaired) electrons. The maximum atomic E-state index is 5.35. The summed E-state index contributed by atoms with van der Waals surface area (Å²) in [5.41, 5.74) is 0. The predicted molar refractivity (Wildman–Crippen MR) is 55.0 cm³/mol. The number of hydrogen-bond donors (Lipinski definition) is 1. The maximum absolute atomic E-state index is 5.35. The fourth-order valence-corrected chi connectivity index (χ4v) is 1.40. The second-order valence-corrected chi connectivity index (χ2v) is 3.82. The van der Waals surface area contributed by atoms with Gasteiger partial charge in [-0.15, -0.1) is 6.42 Å². The second-order valence-electron chi connectivity index (χ2n) is 3.82.